The molecule has 3 heterocycles. The van der Waals surface area contributed by atoms with Crippen LogP contribution in [0, 0.1) is 24.0 Å². The Labute approximate surface area is 199 Å². The number of ether oxygens (including phenoxy) is 1. The van der Waals surface area contributed by atoms with Crippen molar-refractivity contribution in [3.05, 3.63) is 69.8 Å². The maximum absolute atomic E-state index is 12.6. The number of hydrogen-bond donors (Lipinski definition) is 1. The summed E-state index contributed by atoms with van der Waals surface area (Å²) in [5.74, 6) is -0.762. The van der Waals surface area contributed by atoms with Crippen LogP contribution in [0.15, 0.2) is 42.7 Å². The summed E-state index contributed by atoms with van der Waals surface area (Å²) in [6.07, 6.45) is 3.08. The summed E-state index contributed by atoms with van der Waals surface area (Å²) in [4.78, 5) is 39.7. The van der Waals surface area contributed by atoms with Gasteiger partial charge in [0.05, 0.1) is 30.0 Å². The number of nitrogens with zero attached hydrogens (tertiary/aromatic N) is 6. The largest absolute Gasteiger partial charge is 0.462 e. The molecule has 0 bridgehead atoms. The quantitative estimate of drug-likeness (QED) is 0.231. The van der Waals surface area contributed by atoms with Crippen LogP contribution in [0.1, 0.15) is 35.1 Å². The molecule has 0 radical (unpaired) electrons. The van der Waals surface area contributed by atoms with Crippen molar-refractivity contribution in [2.24, 2.45) is 0 Å². The third-order valence-electron chi connectivity index (χ3n) is 5.42. The molecule has 12 heteroatoms. The number of hydrogen-bond acceptors (Lipinski definition) is 8. The lowest BCUT2D eigenvalue weighted by Gasteiger charge is -2.09. The Kier molecular flexibility index (Phi) is 6.53. The summed E-state index contributed by atoms with van der Waals surface area (Å²) < 4.78 is 8.08. The van der Waals surface area contributed by atoms with Gasteiger partial charge in [-0.1, -0.05) is 12.1 Å². The molecule has 1 amide bonds. The summed E-state index contributed by atoms with van der Waals surface area (Å²) in [7, 11) is 0. The van der Waals surface area contributed by atoms with E-state index >= 15 is 0 Å². The van der Waals surface area contributed by atoms with Gasteiger partial charge in [0.2, 0.25) is 5.91 Å². The number of carbonyl (C=O) groups is 2. The Morgan fingerprint density at radius 3 is 2.74 bits per heavy atom. The number of aromatic nitrogens is 5. The Hall–Kier alpha value is -4.61. The second-order valence-electron chi connectivity index (χ2n) is 7.72. The smallest absolute Gasteiger partial charge is 0.343 e. The van der Waals surface area contributed by atoms with Crippen molar-refractivity contribution in [2.75, 3.05) is 11.9 Å². The van der Waals surface area contributed by atoms with Crippen LogP contribution in [0.5, 0.6) is 0 Å². The van der Waals surface area contributed by atoms with Crippen molar-refractivity contribution < 1.29 is 19.2 Å². The van der Waals surface area contributed by atoms with Crippen molar-refractivity contribution in [2.45, 2.75) is 33.7 Å². The van der Waals surface area contributed by atoms with Gasteiger partial charge >= 0.3 is 11.7 Å². The van der Waals surface area contributed by atoms with Crippen molar-refractivity contribution in [3.8, 4) is 11.3 Å². The average Bonchev–Trinajstić information content (AvgIpc) is 3.38. The summed E-state index contributed by atoms with van der Waals surface area (Å²) >= 11 is 0. The zero-order valence-corrected chi connectivity index (χ0v) is 19.4. The average molecular weight is 477 g/mol. The first-order valence-electron chi connectivity index (χ1n) is 10.9. The number of nitro groups is 1. The molecular formula is C23H23N7O5. The zero-order chi connectivity index (χ0) is 25.1. The number of fused-ring (bicyclic) bond motifs is 1. The van der Waals surface area contributed by atoms with E-state index in [0.717, 1.165) is 5.56 Å². The highest BCUT2D eigenvalue weighted by atomic mass is 16.6. The third-order valence-corrected chi connectivity index (χ3v) is 5.42. The van der Waals surface area contributed by atoms with E-state index in [2.05, 4.69) is 20.5 Å². The molecule has 180 valence electrons. The van der Waals surface area contributed by atoms with Gasteiger partial charge < -0.3 is 10.1 Å². The van der Waals surface area contributed by atoms with E-state index in [1.165, 1.54) is 10.9 Å². The van der Waals surface area contributed by atoms with E-state index in [-0.39, 0.29) is 36.7 Å². The van der Waals surface area contributed by atoms with Gasteiger partial charge in [-0.05, 0) is 39.0 Å². The van der Waals surface area contributed by atoms with Crippen molar-refractivity contribution in [3.63, 3.8) is 0 Å². The van der Waals surface area contributed by atoms with Crippen molar-refractivity contribution in [1.82, 2.24) is 24.4 Å². The van der Waals surface area contributed by atoms with E-state index in [1.54, 1.807) is 55.7 Å². The fourth-order valence-electron chi connectivity index (χ4n) is 3.82. The molecule has 1 N–H and O–H groups in total. The Balaban J connectivity index is 1.51. The van der Waals surface area contributed by atoms with Gasteiger partial charge in [0, 0.05) is 23.9 Å². The van der Waals surface area contributed by atoms with Gasteiger partial charge in [-0.15, -0.1) is 0 Å². The first-order chi connectivity index (χ1) is 16.8. The van der Waals surface area contributed by atoms with E-state index in [1.807, 2.05) is 6.07 Å². The summed E-state index contributed by atoms with van der Waals surface area (Å²) in [5, 5.41) is 22.5. The number of anilines is 1. The number of esters is 1. The molecule has 1 aromatic carbocycles. The standard InChI is InChI=1S/C23H23N7O5/c1-4-35-23(32)18-13-25-29-19(8-10-24-22(18)29)16-6-5-7-17(12-16)26-20(31)9-11-28-15(3)21(30(33)34)14(2)27-28/h5-8,10,12-13H,4,9,11H2,1-3H3,(H,26,31). The van der Waals surface area contributed by atoms with Gasteiger partial charge in [0.25, 0.3) is 0 Å². The van der Waals surface area contributed by atoms with Crippen LogP contribution in [0.25, 0.3) is 16.9 Å². The molecule has 0 aliphatic rings. The number of amides is 1. The molecule has 0 unspecified atom stereocenters. The molecule has 3 aromatic heterocycles. The monoisotopic (exact) mass is 477 g/mol. The second-order valence-corrected chi connectivity index (χ2v) is 7.72. The lowest BCUT2D eigenvalue weighted by atomic mass is 10.1. The molecule has 4 rings (SSSR count). The van der Waals surface area contributed by atoms with Crippen LogP contribution < -0.4 is 5.32 Å². The van der Waals surface area contributed by atoms with Crippen LogP contribution in [0.4, 0.5) is 11.4 Å². The fraction of sp³-hybridized carbons (Fsp3) is 0.261. The predicted octanol–water partition coefficient (Wildman–Crippen LogP) is 3.32. The van der Waals surface area contributed by atoms with Crippen LogP contribution >= 0.6 is 0 Å². The van der Waals surface area contributed by atoms with Crippen molar-refractivity contribution >= 4 is 28.9 Å². The first-order valence-corrected chi connectivity index (χ1v) is 10.9. The van der Waals surface area contributed by atoms with Crippen LogP contribution in [0.3, 0.4) is 0 Å². The highest BCUT2D eigenvalue weighted by molar-refractivity contribution is 5.96. The molecule has 0 saturated heterocycles. The minimum Gasteiger partial charge on any atom is -0.462 e. The predicted molar refractivity (Wildman–Crippen MR) is 126 cm³/mol. The highest BCUT2D eigenvalue weighted by Gasteiger charge is 2.22. The van der Waals surface area contributed by atoms with E-state index < -0.39 is 10.9 Å². The molecule has 0 saturated carbocycles. The fourth-order valence-corrected chi connectivity index (χ4v) is 3.82. The van der Waals surface area contributed by atoms with E-state index in [4.69, 9.17) is 4.74 Å². The molecule has 0 aliphatic heterocycles. The summed E-state index contributed by atoms with van der Waals surface area (Å²) in [5.41, 5.74) is 3.32. The molecule has 35 heavy (non-hydrogen) atoms. The summed E-state index contributed by atoms with van der Waals surface area (Å²) in [6, 6.07) is 8.93. The van der Waals surface area contributed by atoms with Gasteiger partial charge in [0.15, 0.2) is 5.65 Å². The molecule has 0 aliphatic carbocycles. The van der Waals surface area contributed by atoms with Gasteiger partial charge in [-0.25, -0.2) is 14.3 Å². The topological polar surface area (TPSA) is 147 Å². The Morgan fingerprint density at radius 1 is 1.23 bits per heavy atom. The Bertz CT molecular complexity index is 1440. The van der Waals surface area contributed by atoms with Crippen molar-refractivity contribution in [1.29, 1.82) is 0 Å². The number of rotatable bonds is 8. The van der Waals surface area contributed by atoms with Crippen LogP contribution in [-0.4, -0.2) is 47.8 Å². The number of carbonyl (C=O) groups excluding carboxylic acids is 2. The van der Waals surface area contributed by atoms with Gasteiger partial charge in [-0.3, -0.25) is 19.6 Å². The molecule has 0 atom stereocenters. The molecule has 4 aromatic rings. The number of aryl methyl sites for hydroxylation is 2. The van der Waals surface area contributed by atoms with Crippen LogP contribution in [0.2, 0.25) is 0 Å². The second kappa shape index (κ2) is 9.71. The molecule has 0 fully saturated rings. The maximum atomic E-state index is 12.6. The highest BCUT2D eigenvalue weighted by Crippen LogP contribution is 2.25. The normalized spacial score (nSPS) is 10.9. The zero-order valence-electron chi connectivity index (χ0n) is 19.4. The first kappa shape index (κ1) is 23.5. The lowest BCUT2D eigenvalue weighted by molar-refractivity contribution is -0.386. The number of benzene rings is 1. The SMILES string of the molecule is CCOC(=O)c1cnn2c(-c3cccc(NC(=O)CCn4nc(C)c([N+](=O)[O-])c4C)c3)ccnc12. The third kappa shape index (κ3) is 4.71. The lowest BCUT2D eigenvalue weighted by Crippen LogP contribution is -2.15. The molecule has 12 nitrogen and oxygen atoms in total. The minimum atomic E-state index is -0.499. The van der Waals surface area contributed by atoms with E-state index in [0.29, 0.717) is 28.4 Å². The Morgan fingerprint density at radius 2 is 2.03 bits per heavy atom. The van der Waals surface area contributed by atoms with Gasteiger partial charge in [0.1, 0.15) is 17.0 Å². The molecular weight excluding hydrogens is 454 g/mol. The molecule has 0 spiro atoms. The minimum absolute atomic E-state index is 0.0356. The van der Waals surface area contributed by atoms with E-state index in [9.17, 15) is 19.7 Å². The number of nitrogens with one attached hydrogen (secondary N) is 1. The van der Waals surface area contributed by atoms with Crippen LogP contribution in [-0.2, 0) is 16.1 Å². The maximum Gasteiger partial charge on any atom is 0.343 e. The summed E-state index contributed by atoms with van der Waals surface area (Å²) in [6.45, 7) is 5.36. The van der Waals surface area contributed by atoms with Gasteiger partial charge in [-0.2, -0.15) is 10.2 Å².